The largest absolute Gasteiger partial charge is 0.492 e. The lowest BCUT2D eigenvalue weighted by molar-refractivity contribution is 0.0322. The van der Waals surface area contributed by atoms with Crippen molar-refractivity contribution in [2.45, 2.75) is 19.4 Å². The van der Waals surface area contributed by atoms with E-state index in [1.165, 1.54) is 11.1 Å². The first-order chi connectivity index (χ1) is 14.8. The molecule has 30 heavy (non-hydrogen) atoms. The Labute approximate surface area is 180 Å². The van der Waals surface area contributed by atoms with Crippen LogP contribution in [0.3, 0.4) is 0 Å². The Morgan fingerprint density at radius 2 is 1.83 bits per heavy atom. The van der Waals surface area contributed by atoms with Crippen LogP contribution in [-0.4, -0.2) is 63.9 Å². The van der Waals surface area contributed by atoms with Crippen LogP contribution < -0.4 is 15.4 Å². The molecule has 1 saturated heterocycles. The van der Waals surface area contributed by atoms with Gasteiger partial charge in [-0.1, -0.05) is 42.5 Å². The van der Waals surface area contributed by atoms with E-state index < -0.39 is 0 Å². The van der Waals surface area contributed by atoms with Crippen LogP contribution in [0, 0.1) is 0 Å². The molecule has 0 atom stereocenters. The number of ether oxygens (including phenoxy) is 2. The van der Waals surface area contributed by atoms with Gasteiger partial charge < -0.3 is 20.1 Å². The number of morpholine rings is 1. The molecule has 0 unspecified atom stereocenters. The number of aryl methyl sites for hydroxylation is 1. The Hall–Kier alpha value is -2.57. The van der Waals surface area contributed by atoms with E-state index in [4.69, 9.17) is 9.47 Å². The number of nitrogens with one attached hydrogen (secondary N) is 2. The fraction of sp³-hybridized carbons (Fsp3) is 0.458. The first-order valence-electron chi connectivity index (χ1n) is 10.8. The van der Waals surface area contributed by atoms with E-state index >= 15 is 0 Å². The lowest BCUT2D eigenvalue weighted by Gasteiger charge is -2.26. The SMILES string of the molecule is CN=C(NCCCc1ccccc1)NCc1cccc(OCCN2CCOCC2)c1. The first kappa shape index (κ1) is 22.1. The van der Waals surface area contributed by atoms with E-state index in [1.807, 2.05) is 12.1 Å². The van der Waals surface area contributed by atoms with Gasteiger partial charge in [-0.25, -0.2) is 0 Å². The molecule has 0 radical (unpaired) electrons. The van der Waals surface area contributed by atoms with Crippen LogP contribution in [0.1, 0.15) is 17.5 Å². The van der Waals surface area contributed by atoms with Gasteiger partial charge in [-0.2, -0.15) is 0 Å². The summed E-state index contributed by atoms with van der Waals surface area (Å²) < 4.78 is 11.3. The zero-order valence-corrected chi connectivity index (χ0v) is 18.0. The van der Waals surface area contributed by atoms with Gasteiger partial charge in [0.1, 0.15) is 12.4 Å². The van der Waals surface area contributed by atoms with Gasteiger partial charge >= 0.3 is 0 Å². The third kappa shape index (κ3) is 8.05. The summed E-state index contributed by atoms with van der Waals surface area (Å²) in [6, 6.07) is 18.8. The number of rotatable bonds is 10. The van der Waals surface area contributed by atoms with E-state index in [9.17, 15) is 0 Å². The van der Waals surface area contributed by atoms with Crippen LogP contribution in [0.15, 0.2) is 59.6 Å². The minimum absolute atomic E-state index is 0.696. The van der Waals surface area contributed by atoms with Crippen molar-refractivity contribution < 1.29 is 9.47 Å². The summed E-state index contributed by atoms with van der Waals surface area (Å²) in [5, 5.41) is 6.77. The van der Waals surface area contributed by atoms with Crippen LogP contribution in [0.4, 0.5) is 0 Å². The number of nitrogens with zero attached hydrogens (tertiary/aromatic N) is 2. The molecule has 1 fully saturated rings. The zero-order valence-electron chi connectivity index (χ0n) is 18.0. The number of benzene rings is 2. The predicted octanol–water partition coefficient (Wildman–Crippen LogP) is 2.70. The topological polar surface area (TPSA) is 58.1 Å². The van der Waals surface area contributed by atoms with Gasteiger partial charge in [0, 0.05) is 39.8 Å². The molecular formula is C24H34N4O2. The Balaban J connectivity index is 1.34. The van der Waals surface area contributed by atoms with Crippen LogP contribution >= 0.6 is 0 Å². The minimum Gasteiger partial charge on any atom is -0.492 e. The highest BCUT2D eigenvalue weighted by atomic mass is 16.5. The number of hydrogen-bond donors (Lipinski definition) is 2. The molecule has 2 aromatic rings. The van der Waals surface area contributed by atoms with E-state index in [0.29, 0.717) is 13.2 Å². The van der Waals surface area contributed by atoms with E-state index in [2.05, 4.69) is 63.0 Å². The van der Waals surface area contributed by atoms with E-state index in [1.54, 1.807) is 7.05 Å². The molecule has 0 aromatic heterocycles. The lowest BCUT2D eigenvalue weighted by Crippen LogP contribution is -2.38. The predicted molar refractivity (Wildman–Crippen MR) is 122 cm³/mol. The summed E-state index contributed by atoms with van der Waals surface area (Å²) in [6.07, 6.45) is 2.13. The molecule has 2 aromatic carbocycles. The number of guanidine groups is 1. The van der Waals surface area contributed by atoms with Gasteiger partial charge in [0.2, 0.25) is 0 Å². The van der Waals surface area contributed by atoms with Gasteiger partial charge in [0.15, 0.2) is 5.96 Å². The highest BCUT2D eigenvalue weighted by Gasteiger charge is 2.09. The van der Waals surface area contributed by atoms with Crippen molar-refractivity contribution in [3.8, 4) is 5.75 Å². The molecule has 2 N–H and O–H groups in total. The smallest absolute Gasteiger partial charge is 0.191 e. The van der Waals surface area contributed by atoms with Crippen molar-refractivity contribution in [2.24, 2.45) is 4.99 Å². The second kappa shape index (κ2) is 12.9. The van der Waals surface area contributed by atoms with Crippen molar-refractivity contribution in [1.82, 2.24) is 15.5 Å². The molecule has 6 nitrogen and oxygen atoms in total. The molecule has 1 heterocycles. The zero-order chi connectivity index (χ0) is 20.9. The van der Waals surface area contributed by atoms with Crippen LogP contribution in [0.2, 0.25) is 0 Å². The number of aliphatic imine (C=N–C) groups is 1. The Morgan fingerprint density at radius 3 is 2.63 bits per heavy atom. The van der Waals surface area contributed by atoms with Gasteiger partial charge in [-0.15, -0.1) is 0 Å². The van der Waals surface area contributed by atoms with Crippen LogP contribution in [-0.2, 0) is 17.7 Å². The second-order valence-electron chi connectivity index (χ2n) is 7.39. The third-order valence-electron chi connectivity index (χ3n) is 5.14. The summed E-state index contributed by atoms with van der Waals surface area (Å²) in [5.74, 6) is 1.73. The first-order valence-corrected chi connectivity index (χ1v) is 10.8. The maximum absolute atomic E-state index is 5.95. The van der Waals surface area contributed by atoms with Gasteiger partial charge in [0.05, 0.1) is 13.2 Å². The molecule has 6 heteroatoms. The normalized spacial score (nSPS) is 15.0. The molecule has 0 spiro atoms. The van der Waals surface area contributed by atoms with Crippen molar-refractivity contribution in [2.75, 3.05) is 53.0 Å². The Morgan fingerprint density at radius 1 is 1.03 bits per heavy atom. The molecule has 0 aliphatic carbocycles. The average molecular weight is 411 g/mol. The molecule has 162 valence electrons. The van der Waals surface area contributed by atoms with Crippen molar-refractivity contribution >= 4 is 5.96 Å². The second-order valence-corrected chi connectivity index (χ2v) is 7.39. The molecule has 0 amide bonds. The fourth-order valence-corrected chi connectivity index (χ4v) is 3.41. The van der Waals surface area contributed by atoms with Gasteiger partial charge in [-0.3, -0.25) is 9.89 Å². The summed E-state index contributed by atoms with van der Waals surface area (Å²) in [6.45, 7) is 6.85. The van der Waals surface area contributed by atoms with E-state index in [0.717, 1.165) is 63.9 Å². The number of hydrogen-bond acceptors (Lipinski definition) is 4. The maximum atomic E-state index is 5.95. The van der Waals surface area contributed by atoms with Crippen molar-refractivity contribution in [1.29, 1.82) is 0 Å². The molecule has 1 aliphatic heterocycles. The van der Waals surface area contributed by atoms with Crippen molar-refractivity contribution in [3.63, 3.8) is 0 Å². The standard InChI is InChI=1S/C24H34N4O2/c1-25-24(26-12-6-10-21-7-3-2-4-8-21)27-20-22-9-5-11-23(19-22)30-18-15-28-13-16-29-17-14-28/h2-5,7-9,11,19H,6,10,12-18,20H2,1H3,(H2,25,26,27). The molecule has 0 bridgehead atoms. The van der Waals surface area contributed by atoms with Crippen LogP contribution in [0.5, 0.6) is 5.75 Å². The Kier molecular flexibility index (Phi) is 9.50. The van der Waals surface area contributed by atoms with E-state index in [-0.39, 0.29) is 0 Å². The highest BCUT2D eigenvalue weighted by molar-refractivity contribution is 5.79. The summed E-state index contributed by atoms with van der Waals surface area (Å²) in [4.78, 5) is 6.70. The monoisotopic (exact) mass is 410 g/mol. The summed E-state index contributed by atoms with van der Waals surface area (Å²) in [7, 11) is 1.80. The molecular weight excluding hydrogens is 376 g/mol. The summed E-state index contributed by atoms with van der Waals surface area (Å²) >= 11 is 0. The highest BCUT2D eigenvalue weighted by Crippen LogP contribution is 2.13. The third-order valence-corrected chi connectivity index (χ3v) is 5.14. The fourth-order valence-electron chi connectivity index (χ4n) is 3.41. The van der Waals surface area contributed by atoms with Crippen LogP contribution in [0.25, 0.3) is 0 Å². The molecule has 3 rings (SSSR count). The lowest BCUT2D eigenvalue weighted by atomic mass is 10.1. The summed E-state index contributed by atoms with van der Waals surface area (Å²) in [5.41, 5.74) is 2.54. The quantitative estimate of drug-likeness (QED) is 0.358. The van der Waals surface area contributed by atoms with Gasteiger partial charge in [-0.05, 0) is 36.1 Å². The minimum atomic E-state index is 0.696. The maximum Gasteiger partial charge on any atom is 0.191 e. The molecule has 1 aliphatic rings. The average Bonchev–Trinajstić information content (AvgIpc) is 2.80. The van der Waals surface area contributed by atoms with Gasteiger partial charge in [0.25, 0.3) is 0 Å². The Bertz CT molecular complexity index is 761. The molecule has 0 saturated carbocycles. The van der Waals surface area contributed by atoms with Crippen molar-refractivity contribution in [3.05, 3.63) is 65.7 Å².